The van der Waals surface area contributed by atoms with Crippen LogP contribution in [0.2, 0.25) is 0 Å². The number of hydrogen-bond acceptors (Lipinski definition) is 4. The summed E-state index contributed by atoms with van der Waals surface area (Å²) < 4.78 is 0. The highest BCUT2D eigenvalue weighted by molar-refractivity contribution is 8.00. The van der Waals surface area contributed by atoms with Crippen molar-refractivity contribution in [3.8, 4) is 0 Å². The number of rotatable bonds is 3. The molecule has 4 nitrogen and oxygen atoms in total. The first kappa shape index (κ1) is 18.4. The number of hydrogen-bond donors (Lipinski definition) is 0. The molecule has 3 aromatic rings. The normalized spacial score (nSPS) is 12.2. The highest BCUT2D eigenvalue weighted by Crippen LogP contribution is 2.52. The average molecular weight is 390 g/mol. The number of amides is 1. The Hall–Kier alpha value is -2.92. The maximum absolute atomic E-state index is 13.5. The predicted molar refractivity (Wildman–Crippen MR) is 119 cm³/mol. The molecule has 1 aliphatic heterocycles. The van der Waals surface area contributed by atoms with E-state index in [-0.39, 0.29) is 5.91 Å². The van der Waals surface area contributed by atoms with E-state index in [4.69, 9.17) is 0 Å². The van der Waals surface area contributed by atoms with Gasteiger partial charge in [-0.15, -0.1) is 0 Å². The van der Waals surface area contributed by atoms with Crippen molar-refractivity contribution in [1.29, 1.82) is 0 Å². The first-order valence-electron chi connectivity index (χ1n) is 9.16. The summed E-state index contributed by atoms with van der Waals surface area (Å²) in [6, 6.07) is 21.9. The summed E-state index contributed by atoms with van der Waals surface area (Å²) in [5, 5.41) is 0. The van der Waals surface area contributed by atoms with Crippen LogP contribution in [0.3, 0.4) is 0 Å². The molecule has 3 aromatic carbocycles. The highest BCUT2D eigenvalue weighted by Gasteiger charge is 2.31. The molecule has 0 aromatic heterocycles. The molecule has 1 heterocycles. The van der Waals surface area contributed by atoms with Gasteiger partial charge in [-0.3, -0.25) is 9.69 Å². The minimum Gasteiger partial charge on any atom is -0.378 e. The van der Waals surface area contributed by atoms with Gasteiger partial charge in [-0.1, -0.05) is 36.0 Å². The van der Waals surface area contributed by atoms with E-state index in [0.29, 0.717) is 5.56 Å². The van der Waals surface area contributed by atoms with Gasteiger partial charge in [0.25, 0.3) is 5.91 Å². The molecule has 0 N–H and O–H groups in total. The van der Waals surface area contributed by atoms with Crippen molar-refractivity contribution in [2.24, 2.45) is 0 Å². The summed E-state index contributed by atoms with van der Waals surface area (Å²) >= 11 is 1.72. The lowest BCUT2D eigenvalue weighted by Crippen LogP contribution is -2.29. The molecule has 1 amide bonds. The van der Waals surface area contributed by atoms with Gasteiger partial charge in [-0.25, -0.2) is 0 Å². The minimum atomic E-state index is -0.0168. The Morgan fingerprint density at radius 3 is 2.25 bits per heavy atom. The lowest BCUT2D eigenvalue weighted by atomic mass is 10.1. The van der Waals surface area contributed by atoms with E-state index < -0.39 is 0 Å². The van der Waals surface area contributed by atoms with Crippen molar-refractivity contribution in [1.82, 2.24) is 0 Å². The third-order valence-corrected chi connectivity index (χ3v) is 6.00. The van der Waals surface area contributed by atoms with Gasteiger partial charge in [0.05, 0.1) is 22.0 Å². The predicted octanol–water partition coefficient (Wildman–Crippen LogP) is 5.26. The van der Waals surface area contributed by atoms with E-state index in [1.807, 2.05) is 81.6 Å². The molecule has 0 unspecified atom stereocenters. The van der Waals surface area contributed by atoms with Crippen LogP contribution in [0.15, 0.2) is 76.5 Å². The van der Waals surface area contributed by atoms with Crippen LogP contribution in [0.5, 0.6) is 0 Å². The van der Waals surface area contributed by atoms with Gasteiger partial charge in [0, 0.05) is 44.3 Å². The van der Waals surface area contributed by atoms with Crippen molar-refractivity contribution in [2.45, 2.75) is 9.79 Å². The molecule has 4 rings (SSSR count). The van der Waals surface area contributed by atoms with Crippen molar-refractivity contribution >= 4 is 40.4 Å². The van der Waals surface area contributed by atoms with Crippen LogP contribution in [0.1, 0.15) is 10.4 Å². The monoisotopic (exact) mass is 389 g/mol. The Morgan fingerprint density at radius 1 is 0.821 bits per heavy atom. The minimum absolute atomic E-state index is 0.0168. The molecule has 1 aliphatic rings. The second kappa shape index (κ2) is 7.24. The summed E-state index contributed by atoms with van der Waals surface area (Å²) in [5.41, 5.74) is 4.75. The quantitative estimate of drug-likeness (QED) is 0.610. The zero-order valence-electron chi connectivity index (χ0n) is 16.5. The Morgan fingerprint density at radius 2 is 1.57 bits per heavy atom. The van der Waals surface area contributed by atoms with Gasteiger partial charge in [0.2, 0.25) is 0 Å². The van der Waals surface area contributed by atoms with Crippen LogP contribution >= 0.6 is 11.8 Å². The fourth-order valence-corrected chi connectivity index (χ4v) is 4.64. The molecule has 0 spiro atoms. The summed E-state index contributed by atoms with van der Waals surface area (Å²) in [5.74, 6) is -0.0168. The molecule has 0 radical (unpaired) electrons. The molecule has 0 fully saturated rings. The van der Waals surface area contributed by atoms with E-state index >= 15 is 0 Å². The number of anilines is 4. The van der Waals surface area contributed by atoms with Crippen LogP contribution in [-0.2, 0) is 0 Å². The number of carbonyl (C=O) groups is 1. The molecule has 0 saturated heterocycles. The number of carbonyl (C=O) groups excluding carboxylic acids is 1. The molecule has 5 heteroatoms. The summed E-state index contributed by atoms with van der Waals surface area (Å²) in [6.07, 6.45) is 0. The van der Waals surface area contributed by atoms with Crippen LogP contribution in [0.4, 0.5) is 22.7 Å². The van der Waals surface area contributed by atoms with Gasteiger partial charge in [0.1, 0.15) is 0 Å². The van der Waals surface area contributed by atoms with E-state index in [1.165, 1.54) is 0 Å². The summed E-state index contributed by atoms with van der Waals surface area (Å²) in [4.78, 5) is 21.7. The average Bonchev–Trinajstić information content (AvgIpc) is 2.71. The van der Waals surface area contributed by atoms with Crippen molar-refractivity contribution in [3.63, 3.8) is 0 Å². The van der Waals surface area contributed by atoms with Gasteiger partial charge in [-0.05, 0) is 42.5 Å². The Labute approximate surface area is 170 Å². The van der Waals surface area contributed by atoms with Gasteiger partial charge >= 0.3 is 0 Å². The molecule has 0 atom stereocenters. The molecular formula is C23H23N3OS. The molecule has 0 aliphatic carbocycles. The maximum Gasteiger partial charge on any atom is 0.262 e. The molecule has 142 valence electrons. The third kappa shape index (κ3) is 3.12. The fraction of sp³-hybridized carbons (Fsp3) is 0.174. The molecule has 0 bridgehead atoms. The maximum atomic E-state index is 13.5. The van der Waals surface area contributed by atoms with E-state index in [9.17, 15) is 4.79 Å². The van der Waals surface area contributed by atoms with E-state index in [1.54, 1.807) is 11.8 Å². The summed E-state index contributed by atoms with van der Waals surface area (Å²) in [6.45, 7) is 0. The molecule has 28 heavy (non-hydrogen) atoms. The molecule has 0 saturated carbocycles. The topological polar surface area (TPSA) is 26.8 Å². The third-order valence-electron chi connectivity index (χ3n) is 4.83. The Kier molecular flexibility index (Phi) is 4.77. The van der Waals surface area contributed by atoms with Crippen LogP contribution in [0, 0.1) is 0 Å². The second-order valence-corrected chi connectivity index (χ2v) is 8.23. The Bertz CT molecular complexity index is 1030. The number of benzene rings is 3. The lowest BCUT2D eigenvalue weighted by molar-refractivity contribution is 0.0998. The van der Waals surface area contributed by atoms with Gasteiger partial charge in [0.15, 0.2) is 0 Å². The first-order valence-corrected chi connectivity index (χ1v) is 9.98. The summed E-state index contributed by atoms with van der Waals surface area (Å²) in [7, 11) is 8.12. The van der Waals surface area contributed by atoms with Crippen molar-refractivity contribution in [2.75, 3.05) is 42.9 Å². The first-order chi connectivity index (χ1) is 13.5. The van der Waals surface area contributed by atoms with Gasteiger partial charge < -0.3 is 9.80 Å². The lowest BCUT2D eigenvalue weighted by Gasteiger charge is -2.34. The fourth-order valence-electron chi connectivity index (χ4n) is 3.36. The zero-order valence-corrected chi connectivity index (χ0v) is 17.3. The largest absolute Gasteiger partial charge is 0.378 e. The van der Waals surface area contributed by atoms with Crippen molar-refractivity contribution in [3.05, 3.63) is 72.3 Å². The van der Waals surface area contributed by atoms with Gasteiger partial charge in [-0.2, -0.15) is 0 Å². The van der Waals surface area contributed by atoms with Crippen LogP contribution in [-0.4, -0.2) is 34.1 Å². The smallest absolute Gasteiger partial charge is 0.262 e. The Balaban J connectivity index is 1.93. The number of fused-ring (bicyclic) bond motifs is 2. The second-order valence-electron chi connectivity index (χ2n) is 7.17. The number of nitrogens with zero attached hydrogens (tertiary/aromatic N) is 3. The SMILES string of the molecule is CN(C)c1ccc2c(c1)Sc1c(N(C)C)cccc1N2C(=O)c1ccccc1. The standard InChI is InChI=1S/C23H23N3OS/c1-24(2)17-13-14-18-21(15-17)28-22-19(25(3)4)11-8-12-20(22)26(18)23(27)16-9-6-5-7-10-16/h5-15H,1-4H3. The van der Waals surface area contributed by atoms with Crippen molar-refractivity contribution < 1.29 is 4.79 Å². The zero-order chi connectivity index (χ0) is 19.8. The van der Waals surface area contributed by atoms with E-state index in [0.717, 1.165) is 32.5 Å². The molecular weight excluding hydrogens is 366 g/mol. The van der Waals surface area contributed by atoms with E-state index in [2.05, 4.69) is 28.0 Å². The highest BCUT2D eigenvalue weighted by atomic mass is 32.2. The van der Waals surface area contributed by atoms with Crippen LogP contribution in [0.25, 0.3) is 0 Å². The van der Waals surface area contributed by atoms with Crippen LogP contribution < -0.4 is 14.7 Å².